The third kappa shape index (κ3) is 12.7. The van der Waals surface area contributed by atoms with Gasteiger partial charge in [0.05, 0.1) is 27.8 Å². The zero-order valence-corrected chi connectivity index (χ0v) is 69.0. The second kappa shape index (κ2) is 27.1. The summed E-state index contributed by atoms with van der Waals surface area (Å²) in [6.45, 7) is 35.2. The molecule has 0 saturated heterocycles. The minimum Gasteiger partial charge on any atom is -0.311 e. The van der Waals surface area contributed by atoms with Gasteiger partial charge in [-0.25, -0.2) is 0 Å². The predicted molar refractivity (Wildman–Crippen MR) is 495 cm³/mol. The smallest absolute Gasteiger partial charge is 0.252 e. The van der Waals surface area contributed by atoms with E-state index in [1.807, 2.05) is 0 Å². The summed E-state index contributed by atoms with van der Waals surface area (Å²) in [5.74, 6) is 0. The Morgan fingerprint density at radius 3 is 0.991 bits per heavy atom. The Morgan fingerprint density at radius 2 is 0.539 bits per heavy atom. The Balaban J connectivity index is 0.979. The molecule has 0 bridgehead atoms. The largest absolute Gasteiger partial charge is 0.311 e. The highest BCUT2D eigenvalue weighted by Gasteiger charge is 2.46. The Hall–Kier alpha value is -12.4. The maximum absolute atomic E-state index is 2.75. The highest BCUT2D eigenvalue weighted by molar-refractivity contribution is 7.00. The lowest BCUT2D eigenvalue weighted by atomic mass is 9.33. The molecule has 0 N–H and O–H groups in total. The molecule has 19 rings (SSSR count). The van der Waals surface area contributed by atoms with Crippen molar-refractivity contribution < 1.29 is 0 Å². The molecule has 0 saturated carbocycles. The third-order valence-electron chi connectivity index (χ3n) is 24.6. The number of rotatable bonds is 10. The van der Waals surface area contributed by atoms with E-state index in [2.05, 4.69) is 450 Å². The Morgan fingerprint density at radius 1 is 0.209 bits per heavy atom. The third-order valence-corrected chi connectivity index (χ3v) is 24.6. The van der Waals surface area contributed by atoms with Crippen LogP contribution >= 0.6 is 0 Å². The fraction of sp³-hybridized carbons (Fsp3) is 0.182. The predicted octanol–water partition coefficient (Wildman–Crippen LogP) is 28.5. The molecule has 2 aliphatic heterocycles. The van der Waals surface area contributed by atoms with Gasteiger partial charge in [-0.15, -0.1) is 0 Å². The molecular weight excluding hydrogens is 1390 g/mol. The second-order valence-electron chi connectivity index (χ2n) is 37.5. The average molecular weight is 1490 g/mol. The van der Waals surface area contributed by atoms with E-state index >= 15 is 0 Å². The normalized spacial score (nSPS) is 13.1. The fourth-order valence-corrected chi connectivity index (χ4v) is 18.2. The average Bonchev–Trinajstić information content (AvgIpc) is 1.15. The lowest BCUT2D eigenvalue weighted by molar-refractivity contribution is 0.568. The van der Waals surface area contributed by atoms with Crippen molar-refractivity contribution in [2.24, 2.45) is 0 Å². The number of fused-ring (bicyclic) bond motifs is 10. The summed E-state index contributed by atoms with van der Waals surface area (Å²) >= 11 is 0. The highest BCUT2D eigenvalue weighted by Crippen LogP contribution is 2.55. The maximum atomic E-state index is 2.75. The summed E-state index contributed by atoms with van der Waals surface area (Å²) in [4.78, 5) is 5.44. The van der Waals surface area contributed by atoms with Crippen LogP contribution in [0.25, 0.3) is 122 Å². The van der Waals surface area contributed by atoms with Crippen molar-refractivity contribution in [3.8, 4) is 78.1 Å². The SMILES string of the molecule is CC(C)(C)c1cc(-c2ccc3c(c2)N(c2cc(-c4ccccc4)cc(-c4ccccc4)c2)c2cc(-c4cc(C(C)(C)C)cc(C(C)(C)C)c4)cc4c2B3c2ccc(-n3c5ccccc5c5cc(-n6c7ccccc7c7ccccc76)ccc53)cc2N4c2c(-c3ccccc3)cc(C(C)(C)C)cc2-c2ccccc2)cc(C(C)(C)C)c1. The summed E-state index contributed by atoms with van der Waals surface area (Å²) in [6.07, 6.45) is 0. The van der Waals surface area contributed by atoms with E-state index < -0.39 is 0 Å². The van der Waals surface area contributed by atoms with Crippen molar-refractivity contribution in [1.82, 2.24) is 9.13 Å². The van der Waals surface area contributed by atoms with Crippen LogP contribution in [0.1, 0.15) is 132 Å². The van der Waals surface area contributed by atoms with Gasteiger partial charge in [0.2, 0.25) is 0 Å². The molecule has 4 heterocycles. The molecule has 0 spiro atoms. The Labute approximate surface area is 679 Å². The number of para-hydroxylation sites is 3. The van der Waals surface area contributed by atoms with E-state index in [9.17, 15) is 0 Å². The highest BCUT2D eigenvalue weighted by atomic mass is 15.2. The molecule has 0 unspecified atom stereocenters. The molecule has 2 aliphatic rings. The summed E-state index contributed by atoms with van der Waals surface area (Å²) < 4.78 is 5.00. The topological polar surface area (TPSA) is 16.3 Å². The Kier molecular flexibility index (Phi) is 17.2. The first-order valence-electron chi connectivity index (χ1n) is 41.1. The van der Waals surface area contributed by atoms with Crippen LogP contribution in [0.15, 0.2) is 328 Å². The van der Waals surface area contributed by atoms with Crippen molar-refractivity contribution in [3.05, 3.63) is 355 Å². The van der Waals surface area contributed by atoms with Crippen molar-refractivity contribution in [2.75, 3.05) is 9.80 Å². The van der Waals surface area contributed by atoms with Crippen LogP contribution in [-0.2, 0) is 27.1 Å². The van der Waals surface area contributed by atoms with Gasteiger partial charge >= 0.3 is 0 Å². The summed E-state index contributed by atoms with van der Waals surface area (Å²) in [7, 11) is 0. The zero-order valence-electron chi connectivity index (χ0n) is 69.0. The summed E-state index contributed by atoms with van der Waals surface area (Å²) in [5, 5.41) is 4.88. The van der Waals surface area contributed by atoms with Gasteiger partial charge < -0.3 is 18.9 Å². The summed E-state index contributed by atoms with van der Waals surface area (Å²) in [6, 6.07) is 126. The molecule has 0 atom stereocenters. The van der Waals surface area contributed by atoms with Gasteiger partial charge in [-0.05, 0) is 224 Å². The fourth-order valence-electron chi connectivity index (χ4n) is 18.2. The van der Waals surface area contributed by atoms with Crippen LogP contribution in [0, 0.1) is 0 Å². The number of nitrogens with zero attached hydrogens (tertiary/aromatic N) is 4. The first-order valence-corrected chi connectivity index (χ1v) is 41.1. The zero-order chi connectivity index (χ0) is 79.4. The monoisotopic (exact) mass is 1490 g/mol. The van der Waals surface area contributed by atoms with E-state index in [4.69, 9.17) is 0 Å². The number of anilines is 6. The van der Waals surface area contributed by atoms with Crippen LogP contribution in [-0.4, -0.2) is 15.8 Å². The van der Waals surface area contributed by atoms with E-state index in [1.54, 1.807) is 0 Å². The molecule has 0 fully saturated rings. The molecule has 2 aromatic heterocycles. The Bertz CT molecular complexity index is 6480. The molecule has 17 aromatic rings. The van der Waals surface area contributed by atoms with Crippen LogP contribution < -0.4 is 26.2 Å². The van der Waals surface area contributed by atoms with Gasteiger partial charge in [0.25, 0.3) is 6.71 Å². The lowest BCUT2D eigenvalue weighted by Crippen LogP contribution is -2.61. The van der Waals surface area contributed by atoms with Gasteiger partial charge in [-0.1, -0.05) is 334 Å². The van der Waals surface area contributed by atoms with E-state index in [1.165, 1.54) is 93.5 Å². The van der Waals surface area contributed by atoms with E-state index in [0.29, 0.717) is 0 Å². The van der Waals surface area contributed by atoms with Crippen LogP contribution in [0.2, 0.25) is 0 Å². The minimum atomic E-state index is -0.260. The molecule has 4 nitrogen and oxygen atoms in total. The molecular formula is C110H99BN4. The summed E-state index contributed by atoms with van der Waals surface area (Å²) in [5.41, 5.74) is 37.0. The number of hydrogen-bond acceptors (Lipinski definition) is 2. The number of benzene rings is 15. The van der Waals surface area contributed by atoms with Gasteiger partial charge in [0, 0.05) is 72.5 Å². The maximum Gasteiger partial charge on any atom is 0.252 e. The van der Waals surface area contributed by atoms with Crippen molar-refractivity contribution >= 4 is 101 Å². The minimum absolute atomic E-state index is 0.106. The van der Waals surface area contributed by atoms with Crippen LogP contribution in [0.4, 0.5) is 34.1 Å². The molecule has 562 valence electrons. The molecule has 0 amide bonds. The lowest BCUT2D eigenvalue weighted by Gasteiger charge is -2.45. The molecule has 115 heavy (non-hydrogen) atoms. The van der Waals surface area contributed by atoms with Gasteiger partial charge in [-0.3, -0.25) is 0 Å². The van der Waals surface area contributed by atoms with Crippen molar-refractivity contribution in [2.45, 2.75) is 131 Å². The van der Waals surface area contributed by atoms with Gasteiger partial charge in [0.15, 0.2) is 0 Å². The molecule has 15 aromatic carbocycles. The molecule has 0 radical (unpaired) electrons. The van der Waals surface area contributed by atoms with Crippen molar-refractivity contribution in [1.29, 1.82) is 0 Å². The van der Waals surface area contributed by atoms with Crippen molar-refractivity contribution in [3.63, 3.8) is 0 Å². The quantitative estimate of drug-likeness (QED) is 0.127. The van der Waals surface area contributed by atoms with E-state index in [-0.39, 0.29) is 33.8 Å². The molecule has 0 aliphatic carbocycles. The van der Waals surface area contributed by atoms with Gasteiger partial charge in [-0.2, -0.15) is 0 Å². The van der Waals surface area contributed by atoms with E-state index in [0.717, 1.165) is 107 Å². The van der Waals surface area contributed by atoms with Gasteiger partial charge in [0.1, 0.15) is 0 Å². The standard InChI is InChI=1S/C110H99BN4/c1-106(2,3)80-55-77(56-81(64-80)107(4,5)6)74-48-51-94-100(61-74)114(87-59-75(70-34-20-16-21-35-70)54-76(60-87)71-36-22-17-23-37-71)102-62-79(78-57-82(108(7,8)9)65-83(58-78)109(10,11)12)63-103-104(102)111(94)95-52-49-86(69-101(95)115(103)105-91(72-38-24-18-25-39-72)66-84(110(13,14)15)67-92(105)73-40-26-19-27-41-73)113-98-47-33-30-44-90(98)93-68-85(50-53-99(93)113)112-96-45-31-28-42-88(96)89-43-29-32-46-97(89)112/h16-69H,1-15H3. The second-order valence-corrected chi connectivity index (χ2v) is 37.5. The first-order chi connectivity index (χ1) is 55.2. The molecule has 5 heteroatoms. The van der Waals surface area contributed by atoms with Crippen LogP contribution in [0.5, 0.6) is 0 Å². The number of hydrogen-bond donors (Lipinski definition) is 0. The first kappa shape index (κ1) is 72.8. The number of aromatic nitrogens is 2. The van der Waals surface area contributed by atoms with Crippen LogP contribution in [0.3, 0.4) is 0 Å².